The van der Waals surface area contributed by atoms with Gasteiger partial charge in [-0.05, 0) is 25.7 Å². The molecule has 2 aromatic rings. The Hall–Kier alpha value is -1.95. The molecule has 2 aliphatic rings. The summed E-state index contributed by atoms with van der Waals surface area (Å²) in [6.07, 6.45) is 18.3. The summed E-state index contributed by atoms with van der Waals surface area (Å²) in [4.78, 5) is 10.8. The molecule has 25 heavy (non-hydrogen) atoms. The molecule has 1 saturated heterocycles. The molecule has 1 aliphatic carbocycles. The molecule has 0 radical (unpaired) electrons. The lowest BCUT2D eigenvalue weighted by molar-refractivity contribution is 0.0928. The van der Waals surface area contributed by atoms with Crippen LogP contribution in [0.25, 0.3) is 0 Å². The predicted molar refractivity (Wildman–Crippen MR) is 95.3 cm³/mol. The fraction of sp³-hybridized carbons (Fsp3) is 0.632. The molecule has 6 heteroatoms. The lowest BCUT2D eigenvalue weighted by Gasteiger charge is -2.31. The lowest BCUT2D eigenvalue weighted by Crippen LogP contribution is -2.37. The van der Waals surface area contributed by atoms with Gasteiger partial charge in [-0.1, -0.05) is 19.3 Å². The van der Waals surface area contributed by atoms with E-state index in [4.69, 9.17) is 4.74 Å². The van der Waals surface area contributed by atoms with Gasteiger partial charge in [0.15, 0.2) is 0 Å². The van der Waals surface area contributed by atoms with Crippen LogP contribution >= 0.6 is 0 Å². The van der Waals surface area contributed by atoms with Gasteiger partial charge in [-0.25, -0.2) is 4.98 Å². The molecule has 4 rings (SSSR count). The van der Waals surface area contributed by atoms with E-state index < -0.39 is 0 Å². The summed E-state index contributed by atoms with van der Waals surface area (Å²) in [5.74, 6) is 0.634. The summed E-state index contributed by atoms with van der Waals surface area (Å²) < 4.78 is 8.13. The van der Waals surface area contributed by atoms with E-state index in [0.717, 1.165) is 32.5 Å². The van der Waals surface area contributed by atoms with Crippen LogP contribution in [0.2, 0.25) is 0 Å². The highest BCUT2D eigenvalue weighted by Crippen LogP contribution is 2.27. The van der Waals surface area contributed by atoms with Gasteiger partial charge in [-0.15, -0.1) is 0 Å². The van der Waals surface area contributed by atoms with E-state index in [1.54, 1.807) is 18.6 Å². The molecule has 6 nitrogen and oxygen atoms in total. The highest BCUT2D eigenvalue weighted by Gasteiger charge is 2.22. The lowest BCUT2D eigenvalue weighted by atomic mass is 9.96. The summed E-state index contributed by atoms with van der Waals surface area (Å²) in [6.45, 7) is 3.10. The van der Waals surface area contributed by atoms with Crippen LogP contribution in [0.3, 0.4) is 0 Å². The molecule has 134 valence electrons. The van der Waals surface area contributed by atoms with Crippen molar-refractivity contribution >= 4 is 0 Å². The van der Waals surface area contributed by atoms with Gasteiger partial charge in [-0.3, -0.25) is 14.6 Å². The highest BCUT2D eigenvalue weighted by molar-refractivity contribution is 5.05. The number of hydrogen-bond acceptors (Lipinski definition) is 5. The maximum atomic E-state index is 5.92. The maximum Gasteiger partial charge on any atom is 0.232 e. The minimum Gasteiger partial charge on any atom is -0.473 e. The minimum atomic E-state index is 0.248. The molecule has 1 saturated carbocycles. The smallest absolute Gasteiger partial charge is 0.232 e. The molecule has 0 spiro atoms. The molecular formula is C19H27N5O. The molecule has 3 heterocycles. The van der Waals surface area contributed by atoms with E-state index in [9.17, 15) is 0 Å². The Morgan fingerprint density at radius 2 is 1.84 bits per heavy atom. The summed E-state index contributed by atoms with van der Waals surface area (Å²) in [6, 6.07) is 0.619. The second kappa shape index (κ2) is 7.95. The Labute approximate surface area is 149 Å². The standard InChI is InChI=1S/C19H27N5O/c1-2-4-17(5-3-1)24-15-16(12-22-24)14-23-10-6-18(7-11-23)25-19-13-20-8-9-21-19/h8-9,12-13,15,17-18H,1-7,10-11,14H2. The van der Waals surface area contributed by atoms with Crippen LogP contribution in [0.15, 0.2) is 31.0 Å². The molecule has 2 fully saturated rings. The first-order chi connectivity index (χ1) is 12.4. The molecular weight excluding hydrogens is 314 g/mol. The van der Waals surface area contributed by atoms with Crippen LogP contribution in [0.1, 0.15) is 56.6 Å². The number of ether oxygens (including phenoxy) is 1. The van der Waals surface area contributed by atoms with Crippen LogP contribution in [0, 0.1) is 0 Å². The Morgan fingerprint density at radius 3 is 2.60 bits per heavy atom. The molecule has 0 bridgehead atoms. The Morgan fingerprint density at radius 1 is 1.00 bits per heavy atom. The fourth-order valence-electron chi connectivity index (χ4n) is 3.96. The Kier molecular flexibility index (Phi) is 5.25. The molecule has 0 unspecified atom stereocenters. The summed E-state index contributed by atoms with van der Waals surface area (Å²) in [5, 5.41) is 4.63. The minimum absolute atomic E-state index is 0.248. The van der Waals surface area contributed by atoms with Crippen molar-refractivity contribution < 1.29 is 4.74 Å². The number of hydrogen-bond donors (Lipinski definition) is 0. The third kappa shape index (κ3) is 4.37. The van der Waals surface area contributed by atoms with E-state index in [-0.39, 0.29) is 6.10 Å². The summed E-state index contributed by atoms with van der Waals surface area (Å²) in [5.41, 5.74) is 1.33. The quantitative estimate of drug-likeness (QED) is 0.836. The van der Waals surface area contributed by atoms with Crippen LogP contribution < -0.4 is 4.74 Å². The van der Waals surface area contributed by atoms with Crippen LogP contribution in [-0.4, -0.2) is 43.8 Å². The number of rotatable bonds is 5. The molecule has 0 aromatic carbocycles. The van der Waals surface area contributed by atoms with Gasteiger partial charge in [0.1, 0.15) is 6.10 Å². The van der Waals surface area contributed by atoms with E-state index in [1.807, 2.05) is 0 Å². The average Bonchev–Trinajstić information content (AvgIpc) is 3.14. The Bertz CT molecular complexity index is 645. The SMILES string of the molecule is c1cnc(OC2CCN(Cc3cnn(C4CCCCC4)c3)CC2)cn1. The average molecular weight is 341 g/mol. The van der Waals surface area contributed by atoms with Gasteiger partial charge in [-0.2, -0.15) is 5.10 Å². The molecule has 0 N–H and O–H groups in total. The third-order valence-electron chi connectivity index (χ3n) is 5.37. The summed E-state index contributed by atoms with van der Waals surface area (Å²) in [7, 11) is 0. The van der Waals surface area contributed by atoms with Crippen LogP contribution in [0.5, 0.6) is 5.88 Å². The van der Waals surface area contributed by atoms with Gasteiger partial charge >= 0.3 is 0 Å². The zero-order valence-corrected chi connectivity index (χ0v) is 14.8. The van der Waals surface area contributed by atoms with Crippen LogP contribution in [-0.2, 0) is 6.54 Å². The topological polar surface area (TPSA) is 56.1 Å². The van der Waals surface area contributed by atoms with E-state index >= 15 is 0 Å². The van der Waals surface area contributed by atoms with Crippen LogP contribution in [0.4, 0.5) is 0 Å². The Balaban J connectivity index is 1.25. The first-order valence-electron chi connectivity index (χ1n) is 9.55. The third-order valence-corrected chi connectivity index (χ3v) is 5.37. The largest absolute Gasteiger partial charge is 0.473 e. The monoisotopic (exact) mass is 341 g/mol. The van der Waals surface area contributed by atoms with Gasteiger partial charge in [0, 0.05) is 43.8 Å². The number of piperidine rings is 1. The predicted octanol–water partition coefficient (Wildman–Crippen LogP) is 3.22. The molecule has 2 aromatic heterocycles. The van der Waals surface area contributed by atoms with E-state index in [2.05, 4.69) is 37.0 Å². The van der Waals surface area contributed by atoms with Crippen molar-refractivity contribution in [2.24, 2.45) is 0 Å². The van der Waals surface area contributed by atoms with E-state index in [0.29, 0.717) is 11.9 Å². The van der Waals surface area contributed by atoms with Gasteiger partial charge in [0.05, 0.1) is 18.4 Å². The van der Waals surface area contributed by atoms with Crippen molar-refractivity contribution in [2.45, 2.75) is 63.6 Å². The van der Waals surface area contributed by atoms with Crippen molar-refractivity contribution in [3.05, 3.63) is 36.5 Å². The molecule has 0 amide bonds. The second-order valence-electron chi connectivity index (χ2n) is 7.26. The number of nitrogens with zero attached hydrogens (tertiary/aromatic N) is 5. The fourth-order valence-corrected chi connectivity index (χ4v) is 3.96. The van der Waals surface area contributed by atoms with Crippen molar-refractivity contribution in [1.82, 2.24) is 24.6 Å². The number of likely N-dealkylation sites (tertiary alicyclic amines) is 1. The zero-order chi connectivity index (χ0) is 16.9. The maximum absolute atomic E-state index is 5.92. The van der Waals surface area contributed by atoms with E-state index in [1.165, 1.54) is 37.7 Å². The number of aromatic nitrogens is 4. The van der Waals surface area contributed by atoms with Crippen molar-refractivity contribution in [1.29, 1.82) is 0 Å². The zero-order valence-electron chi connectivity index (χ0n) is 14.8. The highest BCUT2D eigenvalue weighted by atomic mass is 16.5. The van der Waals surface area contributed by atoms with Crippen molar-refractivity contribution in [2.75, 3.05) is 13.1 Å². The van der Waals surface area contributed by atoms with Crippen molar-refractivity contribution in [3.63, 3.8) is 0 Å². The van der Waals surface area contributed by atoms with Gasteiger partial charge in [0.25, 0.3) is 0 Å². The van der Waals surface area contributed by atoms with Gasteiger partial charge < -0.3 is 4.74 Å². The first-order valence-corrected chi connectivity index (χ1v) is 9.55. The second-order valence-corrected chi connectivity index (χ2v) is 7.26. The first kappa shape index (κ1) is 16.5. The summed E-state index contributed by atoms with van der Waals surface area (Å²) >= 11 is 0. The normalized spacial score (nSPS) is 20.6. The molecule has 0 atom stereocenters. The van der Waals surface area contributed by atoms with Gasteiger partial charge in [0.2, 0.25) is 5.88 Å². The molecule has 1 aliphatic heterocycles. The van der Waals surface area contributed by atoms with Crippen molar-refractivity contribution in [3.8, 4) is 5.88 Å².